The molecule has 0 aromatic rings. The molecule has 0 amide bonds. The Labute approximate surface area is 62.6 Å². The van der Waals surface area contributed by atoms with E-state index in [4.69, 9.17) is 12.2 Å². The fourth-order valence-electron chi connectivity index (χ4n) is 1.62. The molecule has 0 heterocycles. The lowest BCUT2D eigenvalue weighted by molar-refractivity contribution is 0.575. The van der Waals surface area contributed by atoms with Gasteiger partial charge >= 0.3 is 0 Å². The van der Waals surface area contributed by atoms with Gasteiger partial charge in [-0.05, 0) is 24.1 Å². The Hall–Kier alpha value is 0.0900. The third kappa shape index (κ3) is 2.44. The van der Waals surface area contributed by atoms with Gasteiger partial charge in [0.15, 0.2) is 0 Å². The Bertz CT molecular complexity index is 101. The van der Waals surface area contributed by atoms with Crippen molar-refractivity contribution in [3.63, 3.8) is 0 Å². The monoisotopic (exact) mass is 142 g/mol. The van der Waals surface area contributed by atoms with Crippen LogP contribution in [0.1, 0.15) is 39.0 Å². The van der Waals surface area contributed by atoms with Gasteiger partial charge in [0.05, 0.1) is 0 Å². The van der Waals surface area contributed by atoms with E-state index in [1.54, 1.807) is 0 Å². The zero-order chi connectivity index (χ0) is 6.69. The van der Waals surface area contributed by atoms with Gasteiger partial charge in [-0.1, -0.05) is 37.9 Å². The summed E-state index contributed by atoms with van der Waals surface area (Å²) in [7, 11) is 0. The highest BCUT2D eigenvalue weighted by molar-refractivity contribution is 7.80. The zero-order valence-electron chi connectivity index (χ0n) is 6.02. The van der Waals surface area contributed by atoms with Crippen LogP contribution in [0.15, 0.2) is 0 Å². The average molecular weight is 142 g/mol. The van der Waals surface area contributed by atoms with Gasteiger partial charge in [-0.15, -0.1) is 0 Å². The van der Waals surface area contributed by atoms with Gasteiger partial charge in [0.25, 0.3) is 0 Å². The maximum atomic E-state index is 5.03. The van der Waals surface area contributed by atoms with E-state index in [-0.39, 0.29) is 0 Å². The third-order valence-electron chi connectivity index (χ3n) is 2.05. The molecule has 52 valence electrons. The molecule has 0 nitrogen and oxygen atoms in total. The van der Waals surface area contributed by atoms with Crippen LogP contribution in [0.2, 0.25) is 0 Å². The van der Waals surface area contributed by atoms with Crippen molar-refractivity contribution < 1.29 is 0 Å². The summed E-state index contributed by atoms with van der Waals surface area (Å²) in [4.78, 5) is 1.20. The molecule has 1 aliphatic rings. The predicted octanol–water partition coefficient (Wildman–Crippen LogP) is 2.96. The molecule has 0 spiro atoms. The summed E-state index contributed by atoms with van der Waals surface area (Å²) in [5.41, 5.74) is 0. The van der Waals surface area contributed by atoms with E-state index in [1.807, 2.05) is 0 Å². The second-order valence-electron chi connectivity index (χ2n) is 3.06. The predicted molar refractivity (Wildman–Crippen MR) is 44.8 cm³/mol. The van der Waals surface area contributed by atoms with Crippen molar-refractivity contribution in [3.8, 4) is 0 Å². The molecule has 1 heteroatoms. The lowest BCUT2D eigenvalue weighted by Gasteiger charge is -2.04. The first-order chi connectivity index (χ1) is 4.29. The first kappa shape index (κ1) is 7.20. The van der Waals surface area contributed by atoms with Gasteiger partial charge in [0.2, 0.25) is 0 Å². The number of hydrogen-bond acceptors (Lipinski definition) is 1. The smallest absolute Gasteiger partial charge is 0.00997 e. The van der Waals surface area contributed by atoms with Crippen LogP contribution >= 0.6 is 12.2 Å². The molecule has 1 saturated carbocycles. The standard InChI is InChI=1S/C8H14S/c1-7(9)6-8-4-2-3-5-8/h8H,2-6H2,1H3. The Balaban J connectivity index is 2.19. The summed E-state index contributed by atoms with van der Waals surface area (Å²) in [6.07, 6.45) is 6.93. The van der Waals surface area contributed by atoms with Crippen LogP contribution in [0.25, 0.3) is 0 Å². The van der Waals surface area contributed by atoms with Crippen molar-refractivity contribution in [3.05, 3.63) is 0 Å². The van der Waals surface area contributed by atoms with Crippen molar-refractivity contribution in [2.75, 3.05) is 0 Å². The fraction of sp³-hybridized carbons (Fsp3) is 0.875. The van der Waals surface area contributed by atoms with Crippen molar-refractivity contribution in [1.82, 2.24) is 0 Å². The maximum absolute atomic E-state index is 5.03. The van der Waals surface area contributed by atoms with Gasteiger partial charge in [-0.25, -0.2) is 0 Å². The number of hydrogen-bond donors (Lipinski definition) is 0. The van der Waals surface area contributed by atoms with E-state index in [0.717, 1.165) is 5.92 Å². The summed E-state index contributed by atoms with van der Waals surface area (Å²) < 4.78 is 0. The molecule has 0 saturated heterocycles. The van der Waals surface area contributed by atoms with E-state index in [1.165, 1.54) is 37.0 Å². The van der Waals surface area contributed by atoms with Crippen LogP contribution in [-0.4, -0.2) is 4.86 Å². The number of rotatable bonds is 2. The summed E-state index contributed by atoms with van der Waals surface area (Å²) >= 11 is 5.03. The molecule has 0 atom stereocenters. The van der Waals surface area contributed by atoms with E-state index in [9.17, 15) is 0 Å². The largest absolute Gasteiger partial charge is 0.0900 e. The second-order valence-corrected chi connectivity index (χ2v) is 3.75. The first-order valence-corrected chi connectivity index (χ1v) is 4.19. The minimum Gasteiger partial charge on any atom is -0.0900 e. The molecule has 9 heavy (non-hydrogen) atoms. The van der Waals surface area contributed by atoms with E-state index >= 15 is 0 Å². The summed E-state index contributed by atoms with van der Waals surface area (Å²) in [5, 5.41) is 0. The molecule has 1 rings (SSSR count). The van der Waals surface area contributed by atoms with Crippen LogP contribution in [0.5, 0.6) is 0 Å². The maximum Gasteiger partial charge on any atom is -0.00997 e. The molecule has 0 radical (unpaired) electrons. The quantitative estimate of drug-likeness (QED) is 0.534. The second kappa shape index (κ2) is 3.31. The van der Waals surface area contributed by atoms with E-state index in [0.29, 0.717) is 0 Å². The molecule has 0 aliphatic heterocycles. The van der Waals surface area contributed by atoms with Crippen molar-refractivity contribution in [2.45, 2.75) is 39.0 Å². The highest BCUT2D eigenvalue weighted by atomic mass is 32.1. The lowest BCUT2D eigenvalue weighted by atomic mass is 10.0. The molecule has 1 aliphatic carbocycles. The SMILES string of the molecule is CC(=S)CC1CCCC1. The van der Waals surface area contributed by atoms with Crippen molar-refractivity contribution in [2.24, 2.45) is 5.92 Å². The van der Waals surface area contributed by atoms with E-state index in [2.05, 4.69) is 6.92 Å². The highest BCUT2D eigenvalue weighted by Gasteiger charge is 2.14. The molecule has 0 aromatic heterocycles. The van der Waals surface area contributed by atoms with Gasteiger partial charge in [0, 0.05) is 0 Å². The fourth-order valence-corrected chi connectivity index (χ4v) is 1.86. The van der Waals surface area contributed by atoms with Crippen LogP contribution in [0.3, 0.4) is 0 Å². The summed E-state index contributed by atoms with van der Waals surface area (Å²) in [6, 6.07) is 0. The summed E-state index contributed by atoms with van der Waals surface area (Å²) in [6.45, 7) is 2.06. The Morgan fingerprint density at radius 3 is 2.44 bits per heavy atom. The van der Waals surface area contributed by atoms with Gasteiger partial charge < -0.3 is 0 Å². The normalized spacial score (nSPS) is 20.6. The molecule has 0 aromatic carbocycles. The van der Waals surface area contributed by atoms with Gasteiger partial charge in [0.1, 0.15) is 0 Å². The molecule has 1 fully saturated rings. The topological polar surface area (TPSA) is 0 Å². The van der Waals surface area contributed by atoms with Crippen molar-refractivity contribution in [1.29, 1.82) is 0 Å². The molecular weight excluding hydrogens is 128 g/mol. The van der Waals surface area contributed by atoms with Crippen molar-refractivity contribution >= 4 is 17.1 Å². The first-order valence-electron chi connectivity index (χ1n) is 3.78. The molecule has 0 bridgehead atoms. The molecule has 0 N–H and O–H groups in total. The van der Waals surface area contributed by atoms with Gasteiger partial charge in [-0.3, -0.25) is 0 Å². The Morgan fingerprint density at radius 2 is 2.00 bits per heavy atom. The molecule has 0 unspecified atom stereocenters. The van der Waals surface area contributed by atoms with Crippen LogP contribution in [0.4, 0.5) is 0 Å². The average Bonchev–Trinajstić information content (AvgIpc) is 2.15. The summed E-state index contributed by atoms with van der Waals surface area (Å²) in [5.74, 6) is 0.947. The van der Waals surface area contributed by atoms with Crippen LogP contribution in [-0.2, 0) is 0 Å². The van der Waals surface area contributed by atoms with E-state index < -0.39 is 0 Å². The van der Waals surface area contributed by atoms with Gasteiger partial charge in [-0.2, -0.15) is 0 Å². The third-order valence-corrected chi connectivity index (χ3v) is 2.22. The Kier molecular flexibility index (Phi) is 2.65. The lowest BCUT2D eigenvalue weighted by Crippen LogP contribution is -1.98. The highest BCUT2D eigenvalue weighted by Crippen LogP contribution is 2.27. The minimum absolute atomic E-state index is 0.947. The zero-order valence-corrected chi connectivity index (χ0v) is 6.84. The minimum atomic E-state index is 0.947. The van der Waals surface area contributed by atoms with Crippen LogP contribution < -0.4 is 0 Å². The molecular formula is C8H14S. The van der Waals surface area contributed by atoms with Crippen LogP contribution in [0, 0.1) is 5.92 Å². The number of thiocarbonyl (C=S) groups is 1. The Morgan fingerprint density at radius 1 is 1.44 bits per heavy atom.